The topological polar surface area (TPSA) is 73.7 Å². The smallest absolute Gasteiger partial charge is 0.435 e. The normalized spacial score (nSPS) is 13.8. The summed E-state index contributed by atoms with van der Waals surface area (Å²) in [5, 5.41) is 5.68. The monoisotopic (exact) mass is 509 g/mol. The summed E-state index contributed by atoms with van der Waals surface area (Å²) < 4.78 is 12.5. The number of rotatable bonds is 7. The van der Waals surface area contributed by atoms with Gasteiger partial charge < -0.3 is 14.4 Å². The van der Waals surface area contributed by atoms with Crippen LogP contribution in [0.25, 0.3) is 10.9 Å². The molecule has 7 heteroatoms. The van der Waals surface area contributed by atoms with E-state index < -0.39 is 6.09 Å². The summed E-state index contributed by atoms with van der Waals surface area (Å²) in [5.74, 6) is 0.115. The van der Waals surface area contributed by atoms with Crippen molar-refractivity contribution in [2.45, 2.75) is 38.4 Å². The molecular weight excluding hydrogens is 478 g/mol. The van der Waals surface area contributed by atoms with Gasteiger partial charge in [0, 0.05) is 24.4 Å². The summed E-state index contributed by atoms with van der Waals surface area (Å²) in [6, 6.07) is 25.3. The van der Waals surface area contributed by atoms with E-state index in [2.05, 4.69) is 6.58 Å². The maximum atomic E-state index is 13.1. The maximum Gasteiger partial charge on any atom is 0.435 e. The number of hydrogen-bond acceptors (Lipinski definition) is 5. The highest BCUT2D eigenvalue weighted by molar-refractivity contribution is 5.90. The molecule has 194 valence electrons. The van der Waals surface area contributed by atoms with Gasteiger partial charge in [0.15, 0.2) is 0 Å². The van der Waals surface area contributed by atoms with Gasteiger partial charge in [-0.3, -0.25) is 0 Å². The van der Waals surface area contributed by atoms with Gasteiger partial charge in [0.1, 0.15) is 13.2 Å². The molecule has 0 N–H and O–H groups in total. The zero-order valence-electron chi connectivity index (χ0n) is 21.3. The van der Waals surface area contributed by atoms with E-state index >= 15 is 0 Å². The van der Waals surface area contributed by atoms with Crippen LogP contribution < -0.4 is 0 Å². The Kier molecular flexibility index (Phi) is 7.83. The van der Waals surface area contributed by atoms with Gasteiger partial charge in [0.25, 0.3) is 0 Å². The maximum absolute atomic E-state index is 13.1. The lowest BCUT2D eigenvalue weighted by Gasteiger charge is -2.30. The molecule has 1 saturated heterocycles. The molecule has 0 atom stereocenters. The lowest BCUT2D eigenvalue weighted by atomic mass is 9.91. The standard InChI is InChI=1S/C31H31N3O4/c1-2-9-23-14-15-27-28(20-23)34(31(36)38-22-25-12-7-4-8-13-25)32-29(27)26-16-18-33(19-17-26)30(35)37-21-24-10-5-3-6-11-24/h2-8,10-15,20,26H,1,9,16-19,21-22H2. The van der Waals surface area contributed by atoms with Crippen LogP contribution in [0.4, 0.5) is 9.59 Å². The minimum atomic E-state index is -0.511. The third-order valence-electron chi connectivity index (χ3n) is 6.88. The molecule has 0 saturated carbocycles. The van der Waals surface area contributed by atoms with E-state index in [1.807, 2.05) is 84.9 Å². The van der Waals surface area contributed by atoms with Crippen LogP contribution in [-0.4, -0.2) is 40.0 Å². The Hall–Kier alpha value is -4.39. The van der Waals surface area contributed by atoms with Crippen LogP contribution in [0.2, 0.25) is 0 Å². The number of nitrogens with zero attached hydrogens (tertiary/aromatic N) is 3. The average molecular weight is 510 g/mol. The molecule has 0 spiro atoms. The zero-order valence-corrected chi connectivity index (χ0v) is 21.3. The van der Waals surface area contributed by atoms with Crippen molar-refractivity contribution in [3.63, 3.8) is 0 Å². The van der Waals surface area contributed by atoms with E-state index in [9.17, 15) is 9.59 Å². The largest absolute Gasteiger partial charge is 0.445 e. The Labute approximate surface area is 222 Å². The summed E-state index contributed by atoms with van der Waals surface area (Å²) in [4.78, 5) is 27.5. The number of fused-ring (bicyclic) bond motifs is 1. The van der Waals surface area contributed by atoms with Gasteiger partial charge in [-0.05, 0) is 42.0 Å². The molecule has 4 aromatic rings. The Balaban J connectivity index is 1.30. The van der Waals surface area contributed by atoms with Crippen molar-refractivity contribution in [3.8, 4) is 0 Å². The fourth-order valence-electron chi connectivity index (χ4n) is 4.85. The summed E-state index contributed by atoms with van der Waals surface area (Å²) in [6.45, 7) is 5.40. The molecule has 1 aromatic heterocycles. The molecule has 1 fully saturated rings. The lowest BCUT2D eigenvalue weighted by molar-refractivity contribution is 0.0869. The van der Waals surface area contributed by atoms with Gasteiger partial charge in [-0.1, -0.05) is 78.9 Å². The van der Waals surface area contributed by atoms with Gasteiger partial charge in [-0.25, -0.2) is 9.59 Å². The van der Waals surface area contributed by atoms with Gasteiger partial charge in [0.2, 0.25) is 0 Å². The van der Waals surface area contributed by atoms with Gasteiger partial charge in [0.05, 0.1) is 11.2 Å². The molecule has 1 amide bonds. The summed E-state index contributed by atoms with van der Waals surface area (Å²) in [7, 11) is 0. The Bertz CT molecular complexity index is 1410. The van der Waals surface area contributed by atoms with E-state index in [0.717, 1.165) is 46.1 Å². The van der Waals surface area contributed by atoms with E-state index in [4.69, 9.17) is 14.6 Å². The molecule has 7 nitrogen and oxygen atoms in total. The predicted octanol–water partition coefficient (Wildman–Crippen LogP) is 6.47. The van der Waals surface area contributed by atoms with E-state index in [1.54, 1.807) is 4.90 Å². The van der Waals surface area contributed by atoms with Crippen molar-refractivity contribution in [2.24, 2.45) is 0 Å². The minimum absolute atomic E-state index is 0.115. The van der Waals surface area contributed by atoms with Crippen LogP contribution in [0.1, 0.15) is 41.1 Å². The second-order valence-electron chi connectivity index (χ2n) is 9.48. The van der Waals surface area contributed by atoms with Gasteiger partial charge in [-0.2, -0.15) is 9.78 Å². The lowest BCUT2D eigenvalue weighted by Crippen LogP contribution is -2.38. The van der Waals surface area contributed by atoms with Crippen molar-refractivity contribution in [1.82, 2.24) is 14.7 Å². The second kappa shape index (κ2) is 11.8. The van der Waals surface area contributed by atoms with E-state index in [-0.39, 0.29) is 25.2 Å². The fourth-order valence-corrected chi connectivity index (χ4v) is 4.85. The third kappa shape index (κ3) is 5.78. The number of carbonyl (C=O) groups excluding carboxylic acids is 2. The number of piperidine rings is 1. The molecule has 5 rings (SSSR count). The van der Waals surface area contributed by atoms with Crippen molar-refractivity contribution in [2.75, 3.05) is 13.1 Å². The molecule has 1 aliphatic heterocycles. The molecule has 38 heavy (non-hydrogen) atoms. The van der Waals surface area contributed by atoms with Crippen LogP contribution in [0.15, 0.2) is 91.5 Å². The van der Waals surface area contributed by atoms with Gasteiger partial charge >= 0.3 is 12.2 Å². The number of amides is 1. The van der Waals surface area contributed by atoms with Crippen LogP contribution in [0.3, 0.4) is 0 Å². The minimum Gasteiger partial charge on any atom is -0.445 e. The predicted molar refractivity (Wildman–Crippen MR) is 146 cm³/mol. The highest BCUT2D eigenvalue weighted by Crippen LogP contribution is 2.33. The van der Waals surface area contributed by atoms with Crippen molar-refractivity contribution >= 4 is 23.1 Å². The van der Waals surface area contributed by atoms with Gasteiger partial charge in [-0.15, -0.1) is 6.58 Å². The molecule has 0 unspecified atom stereocenters. The number of likely N-dealkylation sites (tertiary alicyclic amines) is 1. The Morgan fingerprint density at radius 3 is 2.05 bits per heavy atom. The van der Waals surface area contributed by atoms with Crippen molar-refractivity contribution in [1.29, 1.82) is 0 Å². The van der Waals surface area contributed by atoms with Crippen LogP contribution in [-0.2, 0) is 29.1 Å². The first-order chi connectivity index (χ1) is 18.6. The van der Waals surface area contributed by atoms with Crippen LogP contribution in [0, 0.1) is 0 Å². The summed E-state index contributed by atoms with van der Waals surface area (Å²) >= 11 is 0. The third-order valence-corrected chi connectivity index (χ3v) is 6.88. The van der Waals surface area contributed by atoms with E-state index in [1.165, 1.54) is 4.68 Å². The molecule has 2 heterocycles. The van der Waals surface area contributed by atoms with Crippen LogP contribution in [0.5, 0.6) is 0 Å². The molecule has 0 radical (unpaired) electrons. The number of aromatic nitrogens is 2. The number of allylic oxidation sites excluding steroid dienone is 1. The number of carbonyl (C=O) groups is 2. The first-order valence-electron chi connectivity index (χ1n) is 12.9. The Morgan fingerprint density at radius 2 is 1.45 bits per heavy atom. The fraction of sp³-hybridized carbons (Fsp3) is 0.258. The highest BCUT2D eigenvalue weighted by atomic mass is 16.6. The molecule has 0 bridgehead atoms. The zero-order chi connectivity index (χ0) is 26.3. The number of hydrogen-bond donors (Lipinski definition) is 0. The molecular formula is C31H31N3O4. The average Bonchev–Trinajstić information content (AvgIpc) is 3.35. The van der Waals surface area contributed by atoms with Crippen molar-refractivity contribution < 1.29 is 19.1 Å². The number of benzene rings is 3. The Morgan fingerprint density at radius 1 is 0.842 bits per heavy atom. The SMILES string of the molecule is C=CCc1ccc2c(C3CCN(C(=O)OCc4ccccc4)CC3)nn(C(=O)OCc3ccccc3)c2c1. The molecule has 3 aromatic carbocycles. The second-order valence-corrected chi connectivity index (χ2v) is 9.48. The van der Waals surface area contributed by atoms with Crippen molar-refractivity contribution in [3.05, 3.63) is 114 Å². The molecule has 1 aliphatic rings. The quantitative estimate of drug-likeness (QED) is 0.267. The van der Waals surface area contributed by atoms with E-state index in [0.29, 0.717) is 19.5 Å². The summed E-state index contributed by atoms with van der Waals surface area (Å²) in [5.41, 5.74) is 4.51. The first kappa shape index (κ1) is 25.3. The molecule has 0 aliphatic carbocycles. The summed E-state index contributed by atoms with van der Waals surface area (Å²) in [6.07, 6.45) is 3.19. The number of ether oxygens (including phenoxy) is 2. The van der Waals surface area contributed by atoms with Crippen LogP contribution >= 0.6 is 0 Å². The first-order valence-corrected chi connectivity index (χ1v) is 12.9. The highest BCUT2D eigenvalue weighted by Gasteiger charge is 2.29.